The maximum Gasteiger partial charge on any atom is 0.251 e. The molecular formula is C22H23BrN4O2S. The summed E-state index contributed by atoms with van der Waals surface area (Å²) in [5.41, 5.74) is 2.30. The summed E-state index contributed by atoms with van der Waals surface area (Å²) in [6.45, 7) is 6.46. The van der Waals surface area contributed by atoms with Gasteiger partial charge in [0.25, 0.3) is 5.91 Å². The molecule has 0 spiro atoms. The van der Waals surface area contributed by atoms with Crippen LogP contribution in [-0.2, 0) is 6.54 Å². The van der Waals surface area contributed by atoms with Crippen molar-refractivity contribution in [3.05, 3.63) is 75.5 Å². The second-order valence-corrected chi connectivity index (χ2v) is 8.73. The van der Waals surface area contributed by atoms with E-state index in [0.717, 1.165) is 10.0 Å². The highest BCUT2D eigenvalue weighted by atomic mass is 79.9. The molecule has 0 saturated carbocycles. The molecule has 0 aliphatic heterocycles. The Kier molecular flexibility index (Phi) is 7.44. The molecule has 30 heavy (non-hydrogen) atoms. The molecule has 1 heterocycles. The van der Waals surface area contributed by atoms with Gasteiger partial charge in [-0.15, -0.1) is 10.2 Å². The number of aryl methyl sites for hydroxylation is 1. The fraction of sp³-hybridized carbons (Fsp3) is 0.273. The maximum atomic E-state index is 12.6. The van der Waals surface area contributed by atoms with Crippen molar-refractivity contribution in [1.29, 1.82) is 0 Å². The Balaban J connectivity index is 1.67. The molecular weight excluding hydrogens is 464 g/mol. The predicted octanol–water partition coefficient (Wildman–Crippen LogP) is 4.83. The van der Waals surface area contributed by atoms with Crippen molar-refractivity contribution in [2.75, 3.05) is 5.75 Å². The Hall–Kier alpha value is -2.45. The maximum absolute atomic E-state index is 12.6. The first-order valence-electron chi connectivity index (χ1n) is 9.61. The number of rotatable bonds is 8. The molecule has 3 rings (SSSR count). The van der Waals surface area contributed by atoms with E-state index in [2.05, 4.69) is 31.4 Å². The lowest BCUT2D eigenvalue weighted by molar-refractivity contribution is 0.0936. The highest BCUT2D eigenvalue weighted by Crippen LogP contribution is 2.22. The average Bonchev–Trinajstić information content (AvgIpc) is 3.15. The van der Waals surface area contributed by atoms with Crippen LogP contribution in [0, 0.1) is 6.92 Å². The minimum absolute atomic E-state index is 0.0282. The minimum Gasteiger partial charge on any atom is -0.342 e. The molecule has 3 aromatic rings. The van der Waals surface area contributed by atoms with Gasteiger partial charge in [0.15, 0.2) is 16.8 Å². The van der Waals surface area contributed by atoms with Gasteiger partial charge in [0.05, 0.1) is 11.8 Å². The second-order valence-electron chi connectivity index (χ2n) is 6.87. The fourth-order valence-electron chi connectivity index (χ4n) is 3.00. The van der Waals surface area contributed by atoms with Crippen molar-refractivity contribution >= 4 is 39.4 Å². The molecule has 0 saturated heterocycles. The number of ketones is 1. The first-order valence-corrected chi connectivity index (χ1v) is 11.4. The van der Waals surface area contributed by atoms with Crippen molar-refractivity contribution < 1.29 is 9.59 Å². The Morgan fingerprint density at radius 1 is 1.13 bits per heavy atom. The summed E-state index contributed by atoms with van der Waals surface area (Å²) in [5, 5.41) is 12.2. The monoisotopic (exact) mass is 486 g/mol. The summed E-state index contributed by atoms with van der Waals surface area (Å²) < 4.78 is 2.87. The van der Waals surface area contributed by atoms with E-state index in [1.165, 1.54) is 11.8 Å². The predicted molar refractivity (Wildman–Crippen MR) is 122 cm³/mol. The molecule has 0 bridgehead atoms. The van der Waals surface area contributed by atoms with Gasteiger partial charge >= 0.3 is 0 Å². The smallest absolute Gasteiger partial charge is 0.251 e. The number of amides is 1. The number of carbonyl (C=O) groups is 2. The van der Waals surface area contributed by atoms with Gasteiger partial charge in [-0.3, -0.25) is 9.59 Å². The van der Waals surface area contributed by atoms with Crippen LogP contribution in [0.15, 0.2) is 58.2 Å². The number of thioether (sulfide) groups is 1. The van der Waals surface area contributed by atoms with Crippen LogP contribution in [-0.4, -0.2) is 32.2 Å². The summed E-state index contributed by atoms with van der Waals surface area (Å²) in [6.07, 6.45) is 0. The number of nitrogens with zero attached hydrogens (tertiary/aromatic N) is 3. The summed E-state index contributed by atoms with van der Waals surface area (Å²) in [7, 11) is 0. The Morgan fingerprint density at radius 2 is 1.87 bits per heavy atom. The van der Waals surface area contributed by atoms with E-state index in [9.17, 15) is 9.59 Å². The highest BCUT2D eigenvalue weighted by Gasteiger charge is 2.20. The number of Topliss-reactive ketones (excluding diaryl/α,β-unsaturated/α-hetero) is 1. The number of benzene rings is 2. The average molecular weight is 487 g/mol. The zero-order valence-corrected chi connectivity index (χ0v) is 19.5. The van der Waals surface area contributed by atoms with Gasteiger partial charge in [0, 0.05) is 22.1 Å². The van der Waals surface area contributed by atoms with Crippen molar-refractivity contribution in [2.45, 2.75) is 38.5 Å². The van der Waals surface area contributed by atoms with E-state index in [0.29, 0.717) is 28.7 Å². The molecule has 1 aromatic heterocycles. The summed E-state index contributed by atoms with van der Waals surface area (Å²) in [5.74, 6) is 0.804. The van der Waals surface area contributed by atoms with E-state index in [1.807, 2.05) is 55.7 Å². The lowest BCUT2D eigenvalue weighted by Gasteiger charge is -2.15. The Morgan fingerprint density at radius 3 is 2.53 bits per heavy atom. The molecule has 1 amide bonds. The fourth-order valence-corrected chi connectivity index (χ4v) is 4.17. The molecule has 156 valence electrons. The quantitative estimate of drug-likeness (QED) is 0.364. The van der Waals surface area contributed by atoms with Gasteiger partial charge in [0.1, 0.15) is 0 Å². The summed E-state index contributed by atoms with van der Waals surface area (Å²) >= 11 is 4.72. The topological polar surface area (TPSA) is 76.9 Å². The third-order valence-corrected chi connectivity index (χ3v) is 6.07. The van der Waals surface area contributed by atoms with Crippen LogP contribution in [0.2, 0.25) is 0 Å². The molecule has 0 radical (unpaired) electrons. The van der Waals surface area contributed by atoms with Crippen LogP contribution >= 0.6 is 27.7 Å². The normalized spacial score (nSPS) is 11.9. The zero-order valence-electron chi connectivity index (χ0n) is 17.1. The van der Waals surface area contributed by atoms with Gasteiger partial charge in [-0.2, -0.15) is 0 Å². The number of nitrogens with one attached hydrogen (secondary N) is 1. The van der Waals surface area contributed by atoms with Crippen molar-refractivity contribution in [3.8, 4) is 0 Å². The zero-order chi connectivity index (χ0) is 21.7. The van der Waals surface area contributed by atoms with Gasteiger partial charge in [-0.25, -0.2) is 0 Å². The van der Waals surface area contributed by atoms with Crippen molar-refractivity contribution in [1.82, 2.24) is 20.1 Å². The van der Waals surface area contributed by atoms with E-state index < -0.39 is 0 Å². The molecule has 0 fully saturated rings. The van der Waals surface area contributed by atoms with Crippen LogP contribution in [0.3, 0.4) is 0 Å². The third-order valence-electron chi connectivity index (χ3n) is 4.58. The standard InChI is InChI=1S/C22H23BrN4O2S/c1-4-27-20(15(3)24-21(29)17-7-5-6-14(2)12-17)25-26-22(27)30-13-19(28)16-8-10-18(23)11-9-16/h5-12,15H,4,13H2,1-3H3,(H,24,29)/t15-/m1/s1. The van der Waals surface area contributed by atoms with Gasteiger partial charge in [-0.05, 0) is 45.0 Å². The van der Waals surface area contributed by atoms with Crippen molar-refractivity contribution in [3.63, 3.8) is 0 Å². The minimum atomic E-state index is -0.318. The number of carbonyl (C=O) groups excluding carboxylic acids is 2. The van der Waals surface area contributed by atoms with E-state index in [1.54, 1.807) is 18.2 Å². The SMILES string of the molecule is CCn1c(SCC(=O)c2ccc(Br)cc2)nnc1[C@@H](C)NC(=O)c1cccc(C)c1. The second kappa shape index (κ2) is 10.0. The van der Waals surface area contributed by atoms with E-state index in [-0.39, 0.29) is 23.5 Å². The lowest BCUT2D eigenvalue weighted by Crippen LogP contribution is -2.28. The van der Waals surface area contributed by atoms with Gasteiger partial charge < -0.3 is 9.88 Å². The molecule has 8 heteroatoms. The van der Waals surface area contributed by atoms with Crippen LogP contribution in [0.1, 0.15) is 52.0 Å². The van der Waals surface area contributed by atoms with Crippen LogP contribution in [0.4, 0.5) is 0 Å². The number of halogens is 1. The summed E-state index contributed by atoms with van der Waals surface area (Å²) in [4.78, 5) is 25.0. The molecule has 1 atom stereocenters. The van der Waals surface area contributed by atoms with Crippen LogP contribution in [0.25, 0.3) is 0 Å². The molecule has 0 aliphatic carbocycles. The van der Waals surface area contributed by atoms with Gasteiger partial charge in [-0.1, -0.05) is 57.5 Å². The lowest BCUT2D eigenvalue weighted by atomic mass is 10.1. The molecule has 2 aromatic carbocycles. The number of hydrogen-bond donors (Lipinski definition) is 1. The number of hydrogen-bond acceptors (Lipinski definition) is 5. The third kappa shape index (κ3) is 5.37. The van der Waals surface area contributed by atoms with E-state index >= 15 is 0 Å². The molecule has 0 aliphatic rings. The van der Waals surface area contributed by atoms with E-state index in [4.69, 9.17) is 0 Å². The van der Waals surface area contributed by atoms with Crippen molar-refractivity contribution in [2.24, 2.45) is 0 Å². The van der Waals surface area contributed by atoms with Crippen LogP contribution < -0.4 is 5.32 Å². The first kappa shape index (κ1) is 22.2. The first-order chi connectivity index (χ1) is 14.4. The highest BCUT2D eigenvalue weighted by molar-refractivity contribution is 9.10. The number of aromatic nitrogens is 3. The molecule has 6 nitrogen and oxygen atoms in total. The molecule has 0 unspecified atom stereocenters. The summed E-state index contributed by atoms with van der Waals surface area (Å²) in [6, 6.07) is 14.4. The molecule has 1 N–H and O–H groups in total. The van der Waals surface area contributed by atoms with Crippen LogP contribution in [0.5, 0.6) is 0 Å². The Bertz CT molecular complexity index is 1050. The Labute approximate surface area is 188 Å². The largest absolute Gasteiger partial charge is 0.342 e. The van der Waals surface area contributed by atoms with Gasteiger partial charge in [0.2, 0.25) is 0 Å².